The van der Waals surface area contributed by atoms with Crippen LogP contribution in [0, 0.1) is 0 Å². The number of halogens is 1. The maximum Gasteiger partial charge on any atom is 0.229 e. The quantitative estimate of drug-likeness (QED) is 0.789. The van der Waals surface area contributed by atoms with Gasteiger partial charge < -0.3 is 10.4 Å². The van der Waals surface area contributed by atoms with Crippen LogP contribution in [-0.2, 0) is 16.6 Å². The monoisotopic (exact) mass is 326 g/mol. The zero-order valence-electron chi connectivity index (χ0n) is 11.3. The minimum Gasteiger partial charge on any atom is -0.506 e. The Morgan fingerprint density at radius 1 is 1.14 bits per heavy atom. The standard InChI is InChI=1S/C14H15ClN2O3S/c1-21(19,20)17-13-5-3-2-4-12(13)16-9-10-6-7-14(18)11(15)8-10/h2-8,16-18H,9H2,1H3. The van der Waals surface area contributed by atoms with Crippen molar-refractivity contribution in [3.63, 3.8) is 0 Å². The average molecular weight is 327 g/mol. The van der Waals surface area contributed by atoms with Crippen LogP contribution in [-0.4, -0.2) is 19.8 Å². The molecule has 2 aromatic rings. The Kier molecular flexibility index (Phi) is 4.59. The summed E-state index contributed by atoms with van der Waals surface area (Å²) in [5.41, 5.74) is 2.00. The Labute approximate surface area is 128 Å². The molecule has 2 rings (SSSR count). The van der Waals surface area contributed by atoms with Crippen molar-refractivity contribution in [2.24, 2.45) is 0 Å². The van der Waals surface area contributed by atoms with Crippen molar-refractivity contribution >= 4 is 33.0 Å². The van der Waals surface area contributed by atoms with Gasteiger partial charge in [-0.2, -0.15) is 0 Å². The van der Waals surface area contributed by atoms with Gasteiger partial charge >= 0.3 is 0 Å². The van der Waals surface area contributed by atoms with Gasteiger partial charge in [-0.15, -0.1) is 0 Å². The summed E-state index contributed by atoms with van der Waals surface area (Å²) in [6.45, 7) is 0.447. The number of anilines is 2. The first-order valence-electron chi connectivity index (χ1n) is 6.13. The van der Waals surface area contributed by atoms with Crippen LogP contribution in [0.25, 0.3) is 0 Å². The lowest BCUT2D eigenvalue weighted by molar-refractivity contribution is 0.475. The van der Waals surface area contributed by atoms with Crippen molar-refractivity contribution < 1.29 is 13.5 Å². The number of benzene rings is 2. The van der Waals surface area contributed by atoms with E-state index in [0.717, 1.165) is 11.8 Å². The van der Waals surface area contributed by atoms with Crippen molar-refractivity contribution in [3.05, 3.63) is 53.1 Å². The number of hydrogen-bond acceptors (Lipinski definition) is 4. The number of aromatic hydroxyl groups is 1. The highest BCUT2D eigenvalue weighted by Crippen LogP contribution is 2.26. The summed E-state index contributed by atoms with van der Waals surface area (Å²) >= 11 is 5.84. The van der Waals surface area contributed by atoms with E-state index in [-0.39, 0.29) is 10.8 Å². The first kappa shape index (κ1) is 15.5. The van der Waals surface area contributed by atoms with Crippen molar-refractivity contribution in [2.75, 3.05) is 16.3 Å². The van der Waals surface area contributed by atoms with Crippen LogP contribution in [0.1, 0.15) is 5.56 Å². The molecule has 0 saturated heterocycles. The average Bonchev–Trinajstić information content (AvgIpc) is 2.40. The van der Waals surface area contributed by atoms with Gasteiger partial charge in [-0.3, -0.25) is 4.72 Å². The molecule has 7 heteroatoms. The van der Waals surface area contributed by atoms with Crippen LogP contribution in [0.4, 0.5) is 11.4 Å². The summed E-state index contributed by atoms with van der Waals surface area (Å²) < 4.78 is 25.1. The third-order valence-electron chi connectivity index (χ3n) is 2.72. The van der Waals surface area contributed by atoms with Crippen molar-refractivity contribution in [2.45, 2.75) is 6.54 Å². The Morgan fingerprint density at radius 3 is 2.43 bits per heavy atom. The first-order valence-corrected chi connectivity index (χ1v) is 8.40. The summed E-state index contributed by atoms with van der Waals surface area (Å²) in [7, 11) is -3.34. The number of nitrogens with one attached hydrogen (secondary N) is 2. The molecule has 0 aromatic heterocycles. The van der Waals surface area contributed by atoms with Crippen LogP contribution in [0.3, 0.4) is 0 Å². The second kappa shape index (κ2) is 6.24. The van der Waals surface area contributed by atoms with E-state index in [1.54, 1.807) is 36.4 Å². The maximum atomic E-state index is 11.3. The van der Waals surface area contributed by atoms with Crippen LogP contribution in [0.2, 0.25) is 5.02 Å². The Balaban J connectivity index is 2.14. The largest absolute Gasteiger partial charge is 0.506 e. The summed E-state index contributed by atoms with van der Waals surface area (Å²) in [4.78, 5) is 0. The molecule has 0 unspecified atom stereocenters. The van der Waals surface area contributed by atoms with Gasteiger partial charge in [0, 0.05) is 6.54 Å². The van der Waals surface area contributed by atoms with Gasteiger partial charge in [-0.25, -0.2) is 8.42 Å². The van der Waals surface area contributed by atoms with Crippen LogP contribution < -0.4 is 10.0 Å². The van der Waals surface area contributed by atoms with Crippen molar-refractivity contribution in [3.8, 4) is 5.75 Å². The molecule has 2 aromatic carbocycles. The minimum atomic E-state index is -3.34. The summed E-state index contributed by atoms with van der Waals surface area (Å²) in [6, 6.07) is 11.9. The molecule has 5 nitrogen and oxygen atoms in total. The van der Waals surface area contributed by atoms with Gasteiger partial charge in [0.15, 0.2) is 0 Å². The van der Waals surface area contributed by atoms with E-state index in [9.17, 15) is 13.5 Å². The molecular weight excluding hydrogens is 312 g/mol. The lowest BCUT2D eigenvalue weighted by Crippen LogP contribution is -2.11. The molecule has 21 heavy (non-hydrogen) atoms. The van der Waals surface area contributed by atoms with Crippen molar-refractivity contribution in [1.82, 2.24) is 0 Å². The normalized spacial score (nSPS) is 11.1. The highest BCUT2D eigenvalue weighted by atomic mass is 35.5. The fourth-order valence-corrected chi connectivity index (χ4v) is 2.56. The lowest BCUT2D eigenvalue weighted by atomic mass is 10.2. The Morgan fingerprint density at radius 2 is 1.81 bits per heavy atom. The second-order valence-electron chi connectivity index (χ2n) is 4.56. The third-order valence-corrected chi connectivity index (χ3v) is 3.61. The van der Waals surface area contributed by atoms with E-state index in [0.29, 0.717) is 17.9 Å². The fourth-order valence-electron chi connectivity index (χ4n) is 1.78. The number of phenols is 1. The highest BCUT2D eigenvalue weighted by Gasteiger charge is 2.07. The summed E-state index contributed by atoms with van der Waals surface area (Å²) in [5.74, 6) is 0.0274. The van der Waals surface area contributed by atoms with E-state index < -0.39 is 10.0 Å². The van der Waals surface area contributed by atoms with E-state index in [2.05, 4.69) is 10.0 Å². The fraction of sp³-hybridized carbons (Fsp3) is 0.143. The van der Waals surface area contributed by atoms with Crippen LogP contribution in [0.15, 0.2) is 42.5 Å². The number of rotatable bonds is 5. The predicted octanol–water partition coefficient (Wildman–Crippen LogP) is 3.03. The van der Waals surface area contributed by atoms with Gasteiger partial charge in [0.1, 0.15) is 5.75 Å². The van der Waals surface area contributed by atoms with E-state index >= 15 is 0 Å². The molecule has 0 heterocycles. The zero-order chi connectivity index (χ0) is 15.5. The maximum absolute atomic E-state index is 11.3. The molecule has 0 bridgehead atoms. The Bertz CT molecular complexity index is 748. The molecule has 0 fully saturated rings. The molecule has 0 radical (unpaired) electrons. The molecule has 0 spiro atoms. The van der Waals surface area contributed by atoms with E-state index in [4.69, 9.17) is 11.6 Å². The lowest BCUT2D eigenvalue weighted by Gasteiger charge is -2.13. The molecule has 3 N–H and O–H groups in total. The SMILES string of the molecule is CS(=O)(=O)Nc1ccccc1NCc1ccc(O)c(Cl)c1. The zero-order valence-corrected chi connectivity index (χ0v) is 12.9. The molecule has 112 valence electrons. The molecule has 0 aliphatic carbocycles. The number of para-hydroxylation sites is 2. The number of sulfonamides is 1. The number of phenolic OH excluding ortho intramolecular Hbond substituents is 1. The Hall–Kier alpha value is -1.92. The molecular formula is C14H15ClN2O3S. The smallest absolute Gasteiger partial charge is 0.229 e. The van der Waals surface area contributed by atoms with Gasteiger partial charge in [0.05, 0.1) is 22.7 Å². The van der Waals surface area contributed by atoms with Gasteiger partial charge in [0.2, 0.25) is 10.0 Å². The van der Waals surface area contributed by atoms with E-state index in [1.807, 2.05) is 0 Å². The molecule has 0 amide bonds. The first-order chi connectivity index (χ1) is 9.85. The highest BCUT2D eigenvalue weighted by molar-refractivity contribution is 7.92. The second-order valence-corrected chi connectivity index (χ2v) is 6.71. The van der Waals surface area contributed by atoms with E-state index in [1.165, 1.54) is 6.07 Å². The van der Waals surface area contributed by atoms with Crippen molar-refractivity contribution in [1.29, 1.82) is 0 Å². The third kappa shape index (κ3) is 4.54. The molecule has 0 atom stereocenters. The van der Waals surface area contributed by atoms with Crippen LogP contribution in [0.5, 0.6) is 5.75 Å². The molecule has 0 aliphatic rings. The summed E-state index contributed by atoms with van der Waals surface area (Å²) in [5, 5.41) is 12.8. The van der Waals surface area contributed by atoms with Gasteiger partial charge in [0.25, 0.3) is 0 Å². The summed E-state index contributed by atoms with van der Waals surface area (Å²) in [6.07, 6.45) is 1.10. The molecule has 0 aliphatic heterocycles. The molecule has 0 saturated carbocycles. The van der Waals surface area contributed by atoms with Crippen LogP contribution >= 0.6 is 11.6 Å². The topological polar surface area (TPSA) is 78.4 Å². The van der Waals surface area contributed by atoms with Gasteiger partial charge in [-0.1, -0.05) is 29.8 Å². The van der Waals surface area contributed by atoms with Gasteiger partial charge in [-0.05, 0) is 29.8 Å². The minimum absolute atomic E-state index is 0.0274. The predicted molar refractivity (Wildman–Crippen MR) is 85.4 cm³/mol. The number of hydrogen-bond donors (Lipinski definition) is 3.